The molecule has 10 heteroatoms. The van der Waals surface area contributed by atoms with Gasteiger partial charge in [0.25, 0.3) is 0 Å². The monoisotopic (exact) mass is 1870 g/mol. The zero-order chi connectivity index (χ0) is 85.1. The second-order valence-corrected chi connectivity index (χ2v) is 94.3. The first-order chi connectivity index (χ1) is 54.4. The Morgan fingerprint density at radius 3 is 0.991 bits per heavy atom. The third-order valence-corrected chi connectivity index (χ3v) is 47.6. The second-order valence-electron chi connectivity index (χ2n) is 41.3. The molecule has 0 spiro atoms. The molecule has 0 amide bonds. The molecule has 0 bridgehead atoms. The van der Waals surface area contributed by atoms with Gasteiger partial charge in [0.1, 0.15) is 0 Å². The van der Waals surface area contributed by atoms with Gasteiger partial charge in [-0.3, -0.25) is 0 Å². The van der Waals surface area contributed by atoms with Crippen LogP contribution in [0.4, 0.5) is 0 Å². The van der Waals surface area contributed by atoms with Crippen LogP contribution in [0, 0.1) is 59.3 Å². The molecule has 10 aromatic rings. The molecule has 116 heavy (non-hydrogen) atoms. The van der Waals surface area contributed by atoms with E-state index in [0.29, 0.717) is 17.8 Å². The zero-order valence-corrected chi connectivity index (χ0v) is 89.1. The molecule has 5 aromatic heterocycles. The van der Waals surface area contributed by atoms with E-state index in [-0.39, 0.29) is 0 Å². The standard InChI is InChI=1S/C24H36GeN.2C23H34GeN.C19H28GeN.C17H24GeN/c1-18-12-10-11-15-21(18)24-16-22(19(2)20-13-8-7-9-14-20)23(17-26(24)6)25(3,4)5;1-17-11-7-10-14-20(17)23-15-21(18(2)19-12-8-9-13-19)22(16-25(23)6)24(3,4)5;1-18-11-9-10-14-21(18)23-16-20(15-19-12-7-6-8-13-19)22(17-25(23)5)24(2,3)4;1-14(2)16-9-8-15(3)18(12-16)19-11-10-17(13-21(19)7)20(4,5)6;1-13-7-8-14(2)16(11-13)17-10-9-15(12-19(17)6)18(3,4)5/h10-12,15-17,19-20H,7-9,13-14H2,1-6H3;7,10-11,14-16,18-19H,8-9,12-13H2,1-6H3;9-11,14,16-17,19H,6-8,12-13,15H2,1-5H3;8-14H,1-7H3;7-12H,1-6H3/q5*+1. The molecular weight excluding hydrogens is 1710 g/mol. The fourth-order valence-corrected chi connectivity index (χ4v) is 34.3. The van der Waals surface area contributed by atoms with Gasteiger partial charge in [-0.2, -0.15) is 0 Å². The Morgan fingerprint density at radius 1 is 0.302 bits per heavy atom. The molecule has 5 heterocycles. The number of rotatable bonds is 17. The first kappa shape index (κ1) is 94.4. The van der Waals surface area contributed by atoms with Crippen molar-refractivity contribution in [2.45, 2.75) is 270 Å². The molecule has 2 atom stereocenters. The Kier molecular flexibility index (Phi) is 33.3. The van der Waals surface area contributed by atoms with E-state index < -0.39 is 66.3 Å². The van der Waals surface area contributed by atoms with E-state index in [1.165, 1.54) is 192 Å². The predicted molar refractivity (Wildman–Crippen MR) is 518 cm³/mol. The number of pyridine rings is 5. The predicted octanol–water partition coefficient (Wildman–Crippen LogP) is 23.7. The summed E-state index contributed by atoms with van der Waals surface area (Å²) in [6, 6.07) is 56.8. The summed E-state index contributed by atoms with van der Waals surface area (Å²) in [6.45, 7) is 22.7. The normalized spacial score (nSPS) is 15.1. The van der Waals surface area contributed by atoms with Gasteiger partial charge < -0.3 is 0 Å². The van der Waals surface area contributed by atoms with Gasteiger partial charge in [-0.05, 0) is 0 Å². The van der Waals surface area contributed by atoms with Crippen LogP contribution in [0.5, 0.6) is 0 Å². The molecular formula is C106H156Ge5N5+5. The Hall–Kier alpha value is -5.44. The van der Waals surface area contributed by atoms with Crippen molar-refractivity contribution in [3.63, 3.8) is 0 Å². The van der Waals surface area contributed by atoms with E-state index >= 15 is 0 Å². The van der Waals surface area contributed by atoms with Crippen molar-refractivity contribution in [2.24, 2.45) is 53.0 Å². The quantitative estimate of drug-likeness (QED) is 0.0639. The molecule has 3 fully saturated rings. The molecule has 3 aliphatic carbocycles. The van der Waals surface area contributed by atoms with Crippen LogP contribution in [0.25, 0.3) is 56.3 Å². The molecule has 0 aliphatic heterocycles. The van der Waals surface area contributed by atoms with Crippen LogP contribution < -0.4 is 44.8 Å². The Morgan fingerprint density at radius 2 is 0.629 bits per heavy atom. The number of aryl methyl sites for hydroxylation is 11. The van der Waals surface area contributed by atoms with Crippen molar-refractivity contribution in [1.82, 2.24) is 0 Å². The van der Waals surface area contributed by atoms with Crippen molar-refractivity contribution >= 4 is 88.3 Å². The molecule has 2 unspecified atom stereocenters. The fraction of sp³-hybridized carbons (Fsp3) is 0.481. The number of benzene rings is 5. The van der Waals surface area contributed by atoms with Gasteiger partial charge in [0, 0.05) is 0 Å². The molecule has 0 radical (unpaired) electrons. The van der Waals surface area contributed by atoms with Gasteiger partial charge in [0.05, 0.1) is 0 Å². The first-order valence-corrected chi connectivity index (χ1v) is 81.6. The molecule has 0 N–H and O–H groups in total. The third-order valence-electron chi connectivity index (χ3n) is 26.2. The number of hydrogen-bond donors (Lipinski definition) is 0. The van der Waals surface area contributed by atoms with Crippen molar-refractivity contribution < 1.29 is 22.8 Å². The van der Waals surface area contributed by atoms with Crippen LogP contribution in [0.15, 0.2) is 183 Å². The average Bonchev–Trinajstić information content (AvgIpc) is 1.08. The Bertz CT molecular complexity index is 4950. The van der Waals surface area contributed by atoms with E-state index in [1.54, 1.807) is 38.7 Å². The summed E-state index contributed by atoms with van der Waals surface area (Å²) in [7, 11) is 11.0. The minimum absolute atomic E-state index is 0.568. The number of aromatic nitrogens is 5. The third kappa shape index (κ3) is 24.9. The van der Waals surface area contributed by atoms with Gasteiger partial charge in [-0.25, -0.2) is 0 Å². The van der Waals surface area contributed by atoms with Gasteiger partial charge in [0.15, 0.2) is 0 Å². The van der Waals surface area contributed by atoms with Crippen LogP contribution in [0.2, 0.25) is 86.3 Å². The summed E-state index contributed by atoms with van der Waals surface area (Å²) >= 11 is -9.24. The summed E-state index contributed by atoms with van der Waals surface area (Å²) in [5, 5.41) is 0. The van der Waals surface area contributed by atoms with E-state index in [2.05, 4.69) is 396 Å². The summed E-state index contributed by atoms with van der Waals surface area (Å²) in [6.07, 6.45) is 33.3. The second kappa shape index (κ2) is 41.0. The maximum atomic E-state index is 2.55. The van der Waals surface area contributed by atoms with E-state index in [9.17, 15) is 0 Å². The molecule has 3 aliphatic rings. The van der Waals surface area contributed by atoms with Crippen molar-refractivity contribution in [3.05, 3.63) is 238 Å². The first-order valence-electron chi connectivity index (χ1n) is 44.9. The number of nitrogens with zero attached hydrogens (tertiary/aromatic N) is 5. The molecule has 3 saturated carbocycles. The molecule has 0 saturated heterocycles. The number of hydrogen-bond acceptors (Lipinski definition) is 0. The molecule has 13 rings (SSSR count). The van der Waals surface area contributed by atoms with E-state index in [0.717, 1.165) is 17.8 Å². The van der Waals surface area contributed by atoms with Crippen LogP contribution in [0.3, 0.4) is 0 Å². The summed E-state index contributed by atoms with van der Waals surface area (Å²) in [5.41, 5.74) is 28.0. The minimum atomic E-state index is -1.94. The van der Waals surface area contributed by atoms with Gasteiger partial charge >= 0.3 is 728 Å². The van der Waals surface area contributed by atoms with Crippen LogP contribution in [-0.4, -0.2) is 66.3 Å². The molecule has 620 valence electrons. The molecule has 5 aromatic carbocycles. The van der Waals surface area contributed by atoms with Gasteiger partial charge in [-0.1, -0.05) is 0 Å². The van der Waals surface area contributed by atoms with E-state index in [4.69, 9.17) is 0 Å². The van der Waals surface area contributed by atoms with Crippen molar-refractivity contribution in [1.29, 1.82) is 0 Å². The Balaban J connectivity index is 0.000000166. The summed E-state index contributed by atoms with van der Waals surface area (Å²) < 4.78 is 19.9. The average molecular weight is 1860 g/mol. The van der Waals surface area contributed by atoms with Gasteiger partial charge in [-0.15, -0.1) is 0 Å². The van der Waals surface area contributed by atoms with E-state index in [1.807, 2.05) is 0 Å². The van der Waals surface area contributed by atoms with Crippen LogP contribution >= 0.6 is 0 Å². The maximum absolute atomic E-state index is 2.55. The molecule has 5 nitrogen and oxygen atoms in total. The Labute approximate surface area is 721 Å². The van der Waals surface area contributed by atoms with Crippen LogP contribution in [-0.2, 0) is 41.7 Å². The topological polar surface area (TPSA) is 19.4 Å². The van der Waals surface area contributed by atoms with Crippen molar-refractivity contribution in [2.75, 3.05) is 0 Å². The summed E-state index contributed by atoms with van der Waals surface area (Å²) in [4.78, 5) is 0. The summed E-state index contributed by atoms with van der Waals surface area (Å²) in [5.74, 6) is 42.1. The van der Waals surface area contributed by atoms with Crippen molar-refractivity contribution in [3.8, 4) is 56.3 Å². The zero-order valence-electron chi connectivity index (χ0n) is 78.6. The SMILES string of the molecule is Cc1ccc(C(C)C)cc1-c1cc[c]([Ge]([CH3])([CH3])[CH3])c[n+]1C.Cc1ccc(C)c(-c2cc[c]([Ge]([CH3])([CH3])[CH3])c[n+]2C)c1.Cc1ccccc1-c1cc(C(C)C2CCCC2)[c]([Ge]([CH3])([CH3])[CH3])c[n+]1C.Cc1ccccc1-c1cc(C(C)C2CCCCC2)[c]([Ge]([CH3])([CH3])[CH3])c[n+]1C.Cc1ccccc1-c1cc(CC2CCCCC2)[c]([Ge]([CH3])([CH3])[CH3])c[n+]1C. The van der Waals surface area contributed by atoms with Gasteiger partial charge in [0.2, 0.25) is 0 Å². The fourth-order valence-electron chi connectivity index (χ4n) is 18.5. The van der Waals surface area contributed by atoms with Crippen LogP contribution in [0.1, 0.15) is 191 Å².